The van der Waals surface area contributed by atoms with Gasteiger partial charge < -0.3 is 25.2 Å². The number of piperazine rings is 1. The smallest absolute Gasteiger partial charge is 0.316 e. The number of ether oxygens (including phenoxy) is 1. The second kappa shape index (κ2) is 11.2. The van der Waals surface area contributed by atoms with Gasteiger partial charge in [-0.15, -0.1) is 0 Å². The molecule has 12 heteroatoms. The molecule has 0 bridgehead atoms. The number of amides is 2. The summed E-state index contributed by atoms with van der Waals surface area (Å²) in [5.74, 6) is -0.697. The summed E-state index contributed by atoms with van der Waals surface area (Å²) in [5.41, 5.74) is 2.28. The van der Waals surface area contributed by atoms with Crippen molar-refractivity contribution in [2.75, 3.05) is 43.0 Å². The Morgan fingerprint density at radius 2 is 1.93 bits per heavy atom. The summed E-state index contributed by atoms with van der Waals surface area (Å²) in [5, 5.41) is 11.8. The third-order valence-electron chi connectivity index (χ3n) is 7.96. The number of aromatic nitrogens is 4. The zero-order valence-corrected chi connectivity index (χ0v) is 24.2. The van der Waals surface area contributed by atoms with Crippen LogP contribution in [0, 0.1) is 11.7 Å². The van der Waals surface area contributed by atoms with Crippen molar-refractivity contribution in [3.8, 4) is 6.01 Å². The van der Waals surface area contributed by atoms with Crippen molar-refractivity contribution in [3.05, 3.63) is 48.0 Å². The van der Waals surface area contributed by atoms with E-state index < -0.39 is 11.7 Å². The van der Waals surface area contributed by atoms with Gasteiger partial charge in [0, 0.05) is 92.7 Å². The van der Waals surface area contributed by atoms with Crippen molar-refractivity contribution in [2.24, 2.45) is 13.0 Å². The van der Waals surface area contributed by atoms with Crippen LogP contribution in [0.25, 0.3) is 21.8 Å². The van der Waals surface area contributed by atoms with Crippen molar-refractivity contribution in [1.82, 2.24) is 30.0 Å². The van der Waals surface area contributed by atoms with E-state index in [0.29, 0.717) is 41.9 Å². The second-order valence-corrected chi connectivity index (χ2v) is 11.5. The molecule has 0 spiro atoms. The predicted molar refractivity (Wildman–Crippen MR) is 158 cm³/mol. The Kier molecular flexibility index (Phi) is 7.40. The lowest BCUT2D eigenvalue weighted by molar-refractivity contribution is -0.127. The normalized spacial score (nSPS) is 20.8. The Labute approximate surface area is 243 Å². The molecule has 3 atom stereocenters. The molecule has 2 aliphatic heterocycles. The zero-order chi connectivity index (χ0) is 29.5. The van der Waals surface area contributed by atoms with Gasteiger partial charge >= 0.3 is 6.01 Å². The minimum absolute atomic E-state index is 0.0572. The maximum absolute atomic E-state index is 14.7. The molecule has 220 valence electrons. The van der Waals surface area contributed by atoms with E-state index in [9.17, 15) is 14.0 Å². The standard InChI is InChI=1S/C30H35FN8O3/c1-17-12-39(13-18(2)33-17)26-6-5-23(29(41)34-22-9-21-15-37(4)36-27(21)25(31)10-22)28-24(26)11-32-30(35-28)42-16-20-7-8-38(14-20)19(3)40/h5-6,9-11,15,17-18,20,33H,7-8,12-14,16H2,1-4H3,(H,34,41)/t17-,18+,20?. The third-order valence-corrected chi connectivity index (χ3v) is 7.96. The molecule has 2 N–H and O–H groups in total. The van der Waals surface area contributed by atoms with Gasteiger partial charge in [0.1, 0.15) is 5.52 Å². The minimum atomic E-state index is -0.515. The van der Waals surface area contributed by atoms with Crippen LogP contribution in [0.15, 0.2) is 36.7 Å². The number of carbonyl (C=O) groups is 2. The highest BCUT2D eigenvalue weighted by Gasteiger charge is 2.27. The second-order valence-electron chi connectivity index (χ2n) is 11.5. The molecule has 0 aliphatic carbocycles. The summed E-state index contributed by atoms with van der Waals surface area (Å²) in [6.07, 6.45) is 4.26. The van der Waals surface area contributed by atoms with Gasteiger partial charge in [0.15, 0.2) is 5.82 Å². The monoisotopic (exact) mass is 574 g/mol. The summed E-state index contributed by atoms with van der Waals surface area (Å²) in [6.45, 7) is 9.16. The van der Waals surface area contributed by atoms with Gasteiger partial charge in [-0.3, -0.25) is 14.3 Å². The third kappa shape index (κ3) is 5.58. The van der Waals surface area contributed by atoms with Crippen LogP contribution in [0.3, 0.4) is 0 Å². The van der Waals surface area contributed by atoms with Crippen LogP contribution in [0.5, 0.6) is 6.01 Å². The van der Waals surface area contributed by atoms with E-state index >= 15 is 0 Å². The number of nitrogens with one attached hydrogen (secondary N) is 2. The predicted octanol–water partition coefficient (Wildman–Crippen LogP) is 3.34. The number of benzene rings is 2. The Morgan fingerprint density at radius 3 is 2.67 bits per heavy atom. The maximum atomic E-state index is 14.7. The Morgan fingerprint density at radius 1 is 1.14 bits per heavy atom. The number of hydrogen-bond acceptors (Lipinski definition) is 8. The number of halogens is 1. The quantitative estimate of drug-likeness (QED) is 0.360. The van der Waals surface area contributed by atoms with E-state index in [2.05, 4.69) is 39.5 Å². The van der Waals surface area contributed by atoms with Gasteiger partial charge in [-0.25, -0.2) is 9.37 Å². The van der Waals surface area contributed by atoms with Crippen LogP contribution in [-0.4, -0.2) is 81.3 Å². The lowest BCUT2D eigenvalue weighted by atomic mass is 10.0. The summed E-state index contributed by atoms with van der Waals surface area (Å²) >= 11 is 0. The first kappa shape index (κ1) is 27.8. The molecule has 2 aliphatic rings. The number of nitrogens with zero attached hydrogens (tertiary/aromatic N) is 6. The van der Waals surface area contributed by atoms with Crippen molar-refractivity contribution in [1.29, 1.82) is 0 Å². The topological polar surface area (TPSA) is 118 Å². The lowest BCUT2D eigenvalue weighted by Crippen LogP contribution is -2.54. The molecule has 42 heavy (non-hydrogen) atoms. The number of fused-ring (bicyclic) bond motifs is 2. The van der Waals surface area contributed by atoms with Crippen molar-refractivity contribution in [3.63, 3.8) is 0 Å². The summed E-state index contributed by atoms with van der Waals surface area (Å²) in [4.78, 5) is 38.7. The molecule has 2 fully saturated rings. The fourth-order valence-electron chi connectivity index (χ4n) is 6.07. The molecule has 1 unspecified atom stereocenters. The average molecular weight is 575 g/mol. The van der Waals surface area contributed by atoms with Crippen molar-refractivity contribution in [2.45, 2.75) is 39.3 Å². The molecule has 2 aromatic carbocycles. The van der Waals surface area contributed by atoms with E-state index in [0.717, 1.165) is 30.6 Å². The van der Waals surface area contributed by atoms with Gasteiger partial charge in [-0.05, 0) is 44.5 Å². The van der Waals surface area contributed by atoms with Crippen LogP contribution in [0.4, 0.5) is 15.8 Å². The van der Waals surface area contributed by atoms with Gasteiger partial charge in [-0.1, -0.05) is 0 Å². The highest BCUT2D eigenvalue weighted by molar-refractivity contribution is 6.14. The molecule has 2 saturated heterocycles. The molecular formula is C30H35FN8O3. The molecule has 0 radical (unpaired) electrons. The first-order valence-corrected chi connectivity index (χ1v) is 14.3. The Hall–Kier alpha value is -4.32. The number of carbonyl (C=O) groups excluding carboxylic acids is 2. The first-order chi connectivity index (χ1) is 20.1. The lowest BCUT2D eigenvalue weighted by Gasteiger charge is -2.38. The average Bonchev–Trinajstić information content (AvgIpc) is 3.57. The van der Waals surface area contributed by atoms with E-state index in [1.54, 1.807) is 38.5 Å². The largest absolute Gasteiger partial charge is 0.463 e. The molecular weight excluding hydrogens is 539 g/mol. The van der Waals surface area contributed by atoms with Crippen LogP contribution in [0.2, 0.25) is 0 Å². The molecule has 4 aromatic rings. The molecule has 6 rings (SSSR count). The maximum Gasteiger partial charge on any atom is 0.316 e. The van der Waals surface area contributed by atoms with Crippen LogP contribution in [0.1, 0.15) is 37.6 Å². The number of rotatable bonds is 6. The first-order valence-electron chi connectivity index (χ1n) is 14.3. The van der Waals surface area contributed by atoms with Gasteiger partial charge in [-0.2, -0.15) is 10.1 Å². The number of aryl methyl sites for hydroxylation is 1. The van der Waals surface area contributed by atoms with E-state index in [4.69, 9.17) is 9.72 Å². The molecule has 2 aromatic heterocycles. The SMILES string of the molecule is CC(=O)N1CCC(COc2ncc3c(N4C[C@@H](C)N[C@@H](C)C4)ccc(C(=O)Nc4cc(F)c5nn(C)cc5c4)c3n2)C1. The van der Waals surface area contributed by atoms with E-state index in [1.807, 2.05) is 11.0 Å². The minimum Gasteiger partial charge on any atom is -0.463 e. The van der Waals surface area contributed by atoms with Crippen LogP contribution >= 0.6 is 0 Å². The molecule has 2 amide bonds. The highest BCUT2D eigenvalue weighted by atomic mass is 19.1. The van der Waals surface area contributed by atoms with Crippen LogP contribution < -0.4 is 20.3 Å². The Bertz CT molecular complexity index is 1660. The fraction of sp³-hybridized carbons (Fsp3) is 0.433. The summed E-state index contributed by atoms with van der Waals surface area (Å²) < 4.78 is 22.2. The zero-order valence-electron chi connectivity index (χ0n) is 24.2. The van der Waals surface area contributed by atoms with Gasteiger partial charge in [0.05, 0.1) is 17.7 Å². The fourth-order valence-corrected chi connectivity index (χ4v) is 6.07. The number of hydrogen-bond donors (Lipinski definition) is 2. The van der Waals surface area contributed by atoms with Crippen LogP contribution in [-0.2, 0) is 11.8 Å². The van der Waals surface area contributed by atoms with E-state index in [1.165, 1.54) is 10.7 Å². The molecule has 4 heterocycles. The number of likely N-dealkylation sites (tertiary alicyclic amines) is 1. The van der Waals surface area contributed by atoms with Crippen molar-refractivity contribution >= 4 is 45.0 Å². The number of anilines is 2. The van der Waals surface area contributed by atoms with Gasteiger partial charge in [0.2, 0.25) is 5.91 Å². The summed E-state index contributed by atoms with van der Waals surface area (Å²) in [7, 11) is 1.72. The molecule has 11 nitrogen and oxygen atoms in total. The highest BCUT2D eigenvalue weighted by Crippen LogP contribution is 2.32. The van der Waals surface area contributed by atoms with E-state index in [-0.39, 0.29) is 35.4 Å². The molecule has 0 saturated carbocycles. The Balaban J connectivity index is 1.32. The summed E-state index contributed by atoms with van der Waals surface area (Å²) in [6, 6.07) is 7.37. The van der Waals surface area contributed by atoms with Gasteiger partial charge in [0.25, 0.3) is 5.91 Å². The van der Waals surface area contributed by atoms with Crippen molar-refractivity contribution < 1.29 is 18.7 Å².